The molecule has 0 spiro atoms. The summed E-state index contributed by atoms with van der Waals surface area (Å²) in [6.45, 7) is 4.04. The van der Waals surface area contributed by atoms with E-state index in [0.29, 0.717) is 18.1 Å². The summed E-state index contributed by atoms with van der Waals surface area (Å²) in [4.78, 5) is 0. The molecule has 0 radical (unpaired) electrons. The molecular weight excluding hydrogens is 128 g/mol. The molecule has 0 bridgehead atoms. The van der Waals surface area contributed by atoms with E-state index in [2.05, 4.69) is 6.92 Å². The third-order valence-corrected chi connectivity index (χ3v) is 2.44. The molecule has 2 fully saturated rings. The van der Waals surface area contributed by atoms with Crippen LogP contribution in [0.1, 0.15) is 19.8 Å². The van der Waals surface area contributed by atoms with Crippen LogP contribution >= 0.6 is 0 Å². The quantitative estimate of drug-likeness (QED) is 0.506. The first kappa shape index (κ1) is 6.62. The fourth-order valence-electron chi connectivity index (χ4n) is 1.85. The molecule has 0 amide bonds. The van der Waals surface area contributed by atoms with Crippen molar-refractivity contribution in [1.82, 2.24) is 0 Å². The summed E-state index contributed by atoms with van der Waals surface area (Å²) in [6.07, 6.45) is 3.21. The van der Waals surface area contributed by atoms with E-state index < -0.39 is 0 Å². The third-order valence-electron chi connectivity index (χ3n) is 2.44. The Morgan fingerprint density at radius 2 is 2.20 bits per heavy atom. The molecular formula is C8H14O2. The van der Waals surface area contributed by atoms with Crippen LogP contribution in [0.4, 0.5) is 0 Å². The zero-order chi connectivity index (χ0) is 6.97. The molecule has 0 saturated carbocycles. The summed E-state index contributed by atoms with van der Waals surface area (Å²) in [5.41, 5.74) is 0. The highest BCUT2D eigenvalue weighted by atomic mass is 16.6. The van der Waals surface area contributed by atoms with Crippen molar-refractivity contribution in [2.75, 3.05) is 13.2 Å². The van der Waals surface area contributed by atoms with E-state index in [1.807, 2.05) is 0 Å². The van der Waals surface area contributed by atoms with Crippen LogP contribution in [0.5, 0.6) is 0 Å². The molecule has 2 saturated heterocycles. The predicted molar refractivity (Wildman–Crippen MR) is 37.9 cm³/mol. The minimum Gasteiger partial charge on any atom is -0.375 e. The van der Waals surface area contributed by atoms with E-state index in [1.165, 1.54) is 12.8 Å². The van der Waals surface area contributed by atoms with Gasteiger partial charge < -0.3 is 9.47 Å². The molecule has 2 heterocycles. The topological polar surface area (TPSA) is 18.5 Å². The highest BCUT2D eigenvalue weighted by Gasteiger charge is 2.36. The first-order valence-electron chi connectivity index (χ1n) is 4.11. The van der Waals surface area contributed by atoms with Crippen molar-refractivity contribution in [2.24, 2.45) is 5.92 Å². The van der Waals surface area contributed by atoms with Gasteiger partial charge in [-0.3, -0.25) is 0 Å². The lowest BCUT2D eigenvalue weighted by molar-refractivity contribution is -0.0539. The molecule has 0 aromatic rings. The Morgan fingerprint density at radius 1 is 1.30 bits per heavy atom. The number of fused-ring (bicyclic) bond motifs is 1. The first-order chi connectivity index (χ1) is 4.88. The van der Waals surface area contributed by atoms with Gasteiger partial charge in [0.15, 0.2) is 0 Å². The molecule has 2 aliphatic heterocycles. The second-order valence-corrected chi connectivity index (χ2v) is 3.33. The van der Waals surface area contributed by atoms with Crippen LogP contribution in [0.3, 0.4) is 0 Å². The highest BCUT2D eigenvalue weighted by Crippen LogP contribution is 2.29. The van der Waals surface area contributed by atoms with Gasteiger partial charge in [-0.15, -0.1) is 0 Å². The second-order valence-electron chi connectivity index (χ2n) is 3.33. The van der Waals surface area contributed by atoms with E-state index in [0.717, 1.165) is 13.2 Å². The lowest BCUT2D eigenvalue weighted by atomic mass is 9.99. The van der Waals surface area contributed by atoms with Crippen molar-refractivity contribution in [3.8, 4) is 0 Å². The molecule has 0 aromatic carbocycles. The molecule has 0 aliphatic carbocycles. The molecule has 0 unspecified atom stereocenters. The number of hydrogen-bond acceptors (Lipinski definition) is 2. The Bertz CT molecular complexity index is 122. The molecule has 3 atom stereocenters. The Kier molecular flexibility index (Phi) is 1.66. The van der Waals surface area contributed by atoms with Gasteiger partial charge in [-0.05, 0) is 12.8 Å². The molecule has 2 aliphatic rings. The average molecular weight is 142 g/mol. The van der Waals surface area contributed by atoms with Crippen LogP contribution < -0.4 is 0 Å². The molecule has 2 rings (SSSR count). The lowest BCUT2D eigenvalue weighted by Crippen LogP contribution is -2.33. The summed E-state index contributed by atoms with van der Waals surface area (Å²) in [6, 6.07) is 0. The summed E-state index contributed by atoms with van der Waals surface area (Å²) < 4.78 is 11.1. The van der Waals surface area contributed by atoms with Crippen molar-refractivity contribution in [2.45, 2.75) is 32.0 Å². The SMILES string of the molecule is C[C@@H]1CO[C@@H]2CCCO[C@H]12. The molecule has 0 N–H and O–H groups in total. The summed E-state index contributed by atoms with van der Waals surface area (Å²) in [5.74, 6) is 0.616. The monoisotopic (exact) mass is 142 g/mol. The fraction of sp³-hybridized carbons (Fsp3) is 1.00. The van der Waals surface area contributed by atoms with Crippen molar-refractivity contribution in [3.63, 3.8) is 0 Å². The molecule has 2 nitrogen and oxygen atoms in total. The summed E-state index contributed by atoms with van der Waals surface area (Å²) >= 11 is 0. The van der Waals surface area contributed by atoms with Crippen molar-refractivity contribution in [1.29, 1.82) is 0 Å². The van der Waals surface area contributed by atoms with Gasteiger partial charge in [0.2, 0.25) is 0 Å². The van der Waals surface area contributed by atoms with E-state index in [4.69, 9.17) is 9.47 Å². The smallest absolute Gasteiger partial charge is 0.0884 e. The van der Waals surface area contributed by atoms with Crippen molar-refractivity contribution in [3.05, 3.63) is 0 Å². The van der Waals surface area contributed by atoms with Gasteiger partial charge in [0.05, 0.1) is 18.8 Å². The molecule has 2 heteroatoms. The van der Waals surface area contributed by atoms with Gasteiger partial charge in [-0.25, -0.2) is 0 Å². The summed E-state index contributed by atoms with van der Waals surface area (Å²) in [5, 5.41) is 0. The predicted octanol–water partition coefficient (Wildman–Crippen LogP) is 1.20. The van der Waals surface area contributed by atoms with Crippen LogP contribution in [0.2, 0.25) is 0 Å². The van der Waals surface area contributed by atoms with Gasteiger partial charge in [-0.2, -0.15) is 0 Å². The largest absolute Gasteiger partial charge is 0.375 e. The number of ether oxygens (including phenoxy) is 2. The maximum Gasteiger partial charge on any atom is 0.0884 e. The first-order valence-corrected chi connectivity index (χ1v) is 4.11. The van der Waals surface area contributed by atoms with E-state index in [1.54, 1.807) is 0 Å². The van der Waals surface area contributed by atoms with Crippen LogP contribution in [0, 0.1) is 5.92 Å². The van der Waals surface area contributed by atoms with E-state index in [9.17, 15) is 0 Å². The number of hydrogen-bond donors (Lipinski definition) is 0. The standard InChI is InChI=1S/C8H14O2/c1-6-5-10-7-3-2-4-9-8(6)7/h6-8H,2-5H2,1H3/t6-,7-,8-/m1/s1. The average Bonchev–Trinajstić information content (AvgIpc) is 2.34. The van der Waals surface area contributed by atoms with E-state index in [-0.39, 0.29) is 0 Å². The third kappa shape index (κ3) is 0.956. The van der Waals surface area contributed by atoms with Crippen LogP contribution in [-0.2, 0) is 9.47 Å². The second kappa shape index (κ2) is 2.51. The molecule has 0 aromatic heterocycles. The Hall–Kier alpha value is -0.0800. The minimum absolute atomic E-state index is 0.411. The van der Waals surface area contributed by atoms with Crippen LogP contribution in [-0.4, -0.2) is 25.4 Å². The zero-order valence-corrected chi connectivity index (χ0v) is 6.38. The van der Waals surface area contributed by atoms with Crippen LogP contribution in [0.25, 0.3) is 0 Å². The zero-order valence-electron chi connectivity index (χ0n) is 6.38. The number of rotatable bonds is 0. The minimum atomic E-state index is 0.411. The maximum atomic E-state index is 5.59. The maximum absolute atomic E-state index is 5.59. The molecule has 10 heavy (non-hydrogen) atoms. The fourth-order valence-corrected chi connectivity index (χ4v) is 1.85. The highest BCUT2D eigenvalue weighted by molar-refractivity contribution is 4.84. The van der Waals surface area contributed by atoms with Crippen molar-refractivity contribution < 1.29 is 9.47 Å². The normalized spacial score (nSPS) is 47.1. The molecule has 58 valence electrons. The lowest BCUT2D eigenvalue weighted by Gasteiger charge is -2.26. The van der Waals surface area contributed by atoms with Gasteiger partial charge in [0.25, 0.3) is 0 Å². The Balaban J connectivity index is 2.01. The van der Waals surface area contributed by atoms with Crippen molar-refractivity contribution >= 4 is 0 Å². The van der Waals surface area contributed by atoms with Gasteiger partial charge in [-0.1, -0.05) is 6.92 Å². The van der Waals surface area contributed by atoms with Crippen LogP contribution in [0.15, 0.2) is 0 Å². The van der Waals surface area contributed by atoms with Gasteiger partial charge >= 0.3 is 0 Å². The van der Waals surface area contributed by atoms with E-state index >= 15 is 0 Å². The summed E-state index contributed by atoms with van der Waals surface area (Å²) in [7, 11) is 0. The van der Waals surface area contributed by atoms with Gasteiger partial charge in [0.1, 0.15) is 0 Å². The van der Waals surface area contributed by atoms with Gasteiger partial charge in [0, 0.05) is 12.5 Å². The Morgan fingerprint density at radius 3 is 3.00 bits per heavy atom. The Labute approximate surface area is 61.5 Å².